The van der Waals surface area contributed by atoms with Crippen LogP contribution in [-0.2, 0) is 4.79 Å². The molecule has 1 aromatic carbocycles. The zero-order valence-corrected chi connectivity index (χ0v) is 12.3. The van der Waals surface area contributed by atoms with Crippen LogP contribution < -0.4 is 4.74 Å². The van der Waals surface area contributed by atoms with E-state index in [2.05, 4.69) is 14.7 Å². The molecule has 10 heteroatoms. The average molecular weight is 348 g/mol. The van der Waals surface area contributed by atoms with E-state index in [0.717, 1.165) is 11.3 Å². The van der Waals surface area contributed by atoms with E-state index in [1.807, 2.05) is 0 Å². The number of nitrogens with zero attached hydrogens (tertiary/aromatic N) is 2. The van der Waals surface area contributed by atoms with Crippen molar-refractivity contribution in [3.05, 3.63) is 23.2 Å². The minimum atomic E-state index is -4.75. The van der Waals surface area contributed by atoms with E-state index in [0.29, 0.717) is 26.0 Å². The van der Waals surface area contributed by atoms with Crippen molar-refractivity contribution in [1.29, 1.82) is 0 Å². The van der Waals surface area contributed by atoms with Gasteiger partial charge in [-0.3, -0.25) is 4.99 Å². The molecule has 1 aliphatic heterocycles. The number of carbonyl (C=O) groups is 1. The quantitative estimate of drug-likeness (QED) is 0.923. The Morgan fingerprint density at radius 3 is 2.82 bits per heavy atom. The van der Waals surface area contributed by atoms with Gasteiger partial charge in [0.05, 0.1) is 10.2 Å². The SMILES string of the molecule is O=C(O)C1CSC(c2nc3ccc(OC(F)(F)F)cc3s2)=N1. The highest BCUT2D eigenvalue weighted by Gasteiger charge is 2.31. The standard InChI is InChI=1S/C12H7F3N2O3S2/c13-12(14,15)20-5-1-2-6-8(3-5)22-10(16-6)9-17-7(4-21-9)11(18)19/h1-3,7H,4H2,(H,18,19). The zero-order valence-electron chi connectivity index (χ0n) is 10.6. The first kappa shape index (κ1) is 15.1. The van der Waals surface area contributed by atoms with Gasteiger partial charge < -0.3 is 9.84 Å². The summed E-state index contributed by atoms with van der Waals surface area (Å²) in [6.45, 7) is 0. The lowest BCUT2D eigenvalue weighted by Crippen LogP contribution is -2.17. The molecule has 0 saturated carbocycles. The van der Waals surface area contributed by atoms with Gasteiger partial charge in [-0.25, -0.2) is 9.78 Å². The van der Waals surface area contributed by atoms with E-state index in [1.165, 1.54) is 30.0 Å². The number of carboxylic acids is 1. The Labute approximate surface area is 129 Å². The number of carboxylic acid groups (broad SMARTS) is 1. The third-order valence-electron chi connectivity index (χ3n) is 2.71. The molecule has 0 fully saturated rings. The highest BCUT2D eigenvalue weighted by Crippen LogP contribution is 2.33. The van der Waals surface area contributed by atoms with Crippen LogP contribution in [0, 0.1) is 0 Å². The number of thiazole rings is 1. The van der Waals surface area contributed by atoms with Gasteiger partial charge in [0.25, 0.3) is 0 Å². The minimum Gasteiger partial charge on any atom is -0.480 e. The summed E-state index contributed by atoms with van der Waals surface area (Å²) in [5.41, 5.74) is 0.511. The predicted octanol–water partition coefficient (Wildman–Crippen LogP) is 3.14. The number of thioether (sulfide) groups is 1. The molecule has 5 nitrogen and oxygen atoms in total. The van der Waals surface area contributed by atoms with Crippen molar-refractivity contribution >= 4 is 44.3 Å². The van der Waals surface area contributed by atoms with Crippen molar-refractivity contribution in [3.63, 3.8) is 0 Å². The molecule has 3 rings (SSSR count). The summed E-state index contributed by atoms with van der Waals surface area (Å²) in [6, 6.07) is 3.05. The molecule has 0 saturated heterocycles. The van der Waals surface area contributed by atoms with Crippen molar-refractivity contribution in [2.45, 2.75) is 12.4 Å². The second-order valence-electron chi connectivity index (χ2n) is 4.30. The van der Waals surface area contributed by atoms with E-state index in [4.69, 9.17) is 5.11 Å². The Kier molecular flexibility index (Phi) is 3.73. The number of rotatable bonds is 3. The highest BCUT2D eigenvalue weighted by atomic mass is 32.2. The first-order valence-corrected chi connectivity index (χ1v) is 7.72. The number of alkyl halides is 3. The molecule has 1 unspecified atom stereocenters. The van der Waals surface area contributed by atoms with Crippen molar-refractivity contribution in [2.24, 2.45) is 4.99 Å². The summed E-state index contributed by atoms with van der Waals surface area (Å²) in [4.78, 5) is 19.2. The van der Waals surface area contributed by atoms with Crippen LogP contribution in [0.5, 0.6) is 5.75 Å². The maximum Gasteiger partial charge on any atom is 0.573 e. The molecule has 22 heavy (non-hydrogen) atoms. The number of ether oxygens (including phenoxy) is 1. The summed E-state index contributed by atoms with van der Waals surface area (Å²) >= 11 is 2.41. The first-order valence-electron chi connectivity index (χ1n) is 5.92. The second kappa shape index (κ2) is 5.43. The van der Waals surface area contributed by atoms with Gasteiger partial charge in [-0.1, -0.05) is 0 Å². The number of aliphatic carboxylic acids is 1. The lowest BCUT2D eigenvalue weighted by molar-refractivity contribution is -0.274. The van der Waals surface area contributed by atoms with Crippen molar-refractivity contribution in [1.82, 2.24) is 4.98 Å². The molecule has 116 valence electrons. The number of hydrogen-bond acceptors (Lipinski definition) is 6. The van der Waals surface area contributed by atoms with Crippen molar-refractivity contribution < 1.29 is 27.8 Å². The minimum absolute atomic E-state index is 0.320. The van der Waals surface area contributed by atoms with Crippen molar-refractivity contribution in [3.8, 4) is 5.75 Å². The number of benzene rings is 1. The summed E-state index contributed by atoms with van der Waals surface area (Å²) in [6.07, 6.45) is -4.75. The molecule has 1 atom stereocenters. The monoisotopic (exact) mass is 348 g/mol. The summed E-state index contributed by atoms with van der Waals surface area (Å²) < 4.78 is 41.0. The predicted molar refractivity (Wildman–Crippen MR) is 76.7 cm³/mol. The molecule has 2 heterocycles. The van der Waals surface area contributed by atoms with Gasteiger partial charge in [0.2, 0.25) is 0 Å². The molecular weight excluding hydrogens is 341 g/mol. The average Bonchev–Trinajstić information content (AvgIpc) is 3.02. The van der Waals surface area contributed by atoms with Crippen LogP contribution in [0.25, 0.3) is 10.2 Å². The second-order valence-corrected chi connectivity index (χ2v) is 6.33. The van der Waals surface area contributed by atoms with Gasteiger partial charge in [-0.15, -0.1) is 36.3 Å². The fourth-order valence-corrected chi connectivity index (χ4v) is 3.90. The topological polar surface area (TPSA) is 71.8 Å². The third-order valence-corrected chi connectivity index (χ3v) is 4.92. The molecular formula is C12H7F3N2O3S2. The van der Waals surface area contributed by atoms with Crippen LogP contribution >= 0.6 is 23.1 Å². The summed E-state index contributed by atoms with van der Waals surface area (Å²) in [5.74, 6) is -1.01. The fraction of sp³-hybridized carbons (Fsp3) is 0.250. The third kappa shape index (κ3) is 3.17. The van der Waals surface area contributed by atoms with Crippen LogP contribution in [0.1, 0.15) is 5.01 Å². The van der Waals surface area contributed by atoms with E-state index in [9.17, 15) is 18.0 Å². The van der Waals surface area contributed by atoms with E-state index in [-0.39, 0.29) is 5.75 Å². The first-order chi connectivity index (χ1) is 10.3. The van der Waals surface area contributed by atoms with Gasteiger partial charge in [0.15, 0.2) is 6.04 Å². The Bertz CT molecular complexity index is 773. The van der Waals surface area contributed by atoms with Crippen LogP contribution in [0.2, 0.25) is 0 Å². The lowest BCUT2D eigenvalue weighted by atomic mass is 10.3. The van der Waals surface area contributed by atoms with Crippen molar-refractivity contribution in [2.75, 3.05) is 5.75 Å². The Morgan fingerprint density at radius 1 is 1.41 bits per heavy atom. The highest BCUT2D eigenvalue weighted by molar-refractivity contribution is 8.15. The zero-order chi connectivity index (χ0) is 15.9. The molecule has 2 aromatic rings. The van der Waals surface area contributed by atoms with Gasteiger partial charge >= 0.3 is 12.3 Å². The molecule has 0 amide bonds. The van der Waals surface area contributed by atoms with Gasteiger partial charge in [0, 0.05) is 5.75 Å². The van der Waals surface area contributed by atoms with Gasteiger partial charge in [-0.2, -0.15) is 0 Å². The Hall–Kier alpha value is -1.81. The van der Waals surface area contributed by atoms with Crippen LogP contribution in [-0.4, -0.2) is 39.3 Å². The Balaban J connectivity index is 1.90. The molecule has 1 aliphatic rings. The number of hydrogen-bond donors (Lipinski definition) is 1. The number of halogens is 3. The number of aliphatic imine (C=N–C) groups is 1. The van der Waals surface area contributed by atoms with Crippen LogP contribution in [0.15, 0.2) is 23.2 Å². The number of aromatic nitrogens is 1. The molecule has 1 N–H and O–H groups in total. The molecule has 0 bridgehead atoms. The van der Waals surface area contributed by atoms with Crippen LogP contribution in [0.4, 0.5) is 13.2 Å². The maximum atomic E-state index is 12.2. The van der Waals surface area contributed by atoms with Gasteiger partial charge in [-0.05, 0) is 18.2 Å². The normalized spacial score (nSPS) is 18.5. The van der Waals surface area contributed by atoms with E-state index >= 15 is 0 Å². The number of fused-ring (bicyclic) bond motifs is 1. The lowest BCUT2D eigenvalue weighted by Gasteiger charge is -2.07. The molecule has 1 aromatic heterocycles. The molecule has 0 radical (unpaired) electrons. The maximum absolute atomic E-state index is 12.2. The van der Waals surface area contributed by atoms with Gasteiger partial charge in [0.1, 0.15) is 15.8 Å². The Morgan fingerprint density at radius 2 is 2.18 bits per heavy atom. The molecule has 0 aliphatic carbocycles. The van der Waals surface area contributed by atoms with E-state index < -0.39 is 18.4 Å². The smallest absolute Gasteiger partial charge is 0.480 e. The summed E-state index contributed by atoms with van der Waals surface area (Å²) in [7, 11) is 0. The molecule has 0 spiro atoms. The fourth-order valence-electron chi connectivity index (χ4n) is 1.81. The summed E-state index contributed by atoms with van der Waals surface area (Å²) in [5, 5.41) is 9.89. The van der Waals surface area contributed by atoms with Crippen LogP contribution in [0.3, 0.4) is 0 Å². The largest absolute Gasteiger partial charge is 0.573 e. The van der Waals surface area contributed by atoms with E-state index in [1.54, 1.807) is 0 Å².